The van der Waals surface area contributed by atoms with Crippen LogP contribution in [-0.2, 0) is 27.9 Å². The van der Waals surface area contributed by atoms with Crippen molar-refractivity contribution in [3.63, 3.8) is 0 Å². The summed E-state index contributed by atoms with van der Waals surface area (Å²) in [6.45, 7) is -0.902. The first-order valence-electron chi connectivity index (χ1n) is 14.7. The summed E-state index contributed by atoms with van der Waals surface area (Å²) in [5.74, 6) is -3.90. The SMILES string of the molecule is O=C(O)COc1cc(CNC(=O)c2cccn(Cc3ccc(F)c(F)c3)c2=O)cc(-c2cn(S(=O)(=O)c3ccccc3)c3ncccc23)c1. The van der Waals surface area contributed by atoms with E-state index >= 15 is 0 Å². The molecule has 0 saturated carbocycles. The predicted molar refractivity (Wildman–Crippen MR) is 175 cm³/mol. The highest BCUT2D eigenvalue weighted by molar-refractivity contribution is 7.90. The number of carboxylic acids is 1. The molecule has 0 aliphatic carbocycles. The number of nitrogens with zero attached hydrogens (tertiary/aromatic N) is 3. The number of aliphatic carboxylic acids is 1. The van der Waals surface area contributed by atoms with Crippen LogP contribution in [0.15, 0.2) is 119 Å². The van der Waals surface area contributed by atoms with Gasteiger partial charge < -0.3 is 19.7 Å². The van der Waals surface area contributed by atoms with Gasteiger partial charge in [-0.2, -0.15) is 0 Å². The molecule has 0 aliphatic rings. The molecular formula is C35H26F2N4O7S. The molecule has 0 fully saturated rings. The van der Waals surface area contributed by atoms with Crippen molar-refractivity contribution in [2.45, 2.75) is 18.0 Å². The number of pyridine rings is 2. The predicted octanol–water partition coefficient (Wildman–Crippen LogP) is 4.82. The van der Waals surface area contributed by atoms with Gasteiger partial charge in [0.25, 0.3) is 21.5 Å². The molecule has 0 unspecified atom stereocenters. The quantitative estimate of drug-likeness (QED) is 0.197. The summed E-state index contributed by atoms with van der Waals surface area (Å²) in [7, 11) is -4.06. The molecule has 6 aromatic rings. The number of halogens is 2. The van der Waals surface area contributed by atoms with E-state index in [1.54, 1.807) is 42.5 Å². The van der Waals surface area contributed by atoms with E-state index in [2.05, 4.69) is 10.3 Å². The van der Waals surface area contributed by atoms with Crippen LogP contribution in [0.3, 0.4) is 0 Å². The maximum absolute atomic E-state index is 13.7. The van der Waals surface area contributed by atoms with Gasteiger partial charge in [-0.25, -0.2) is 30.9 Å². The summed E-state index contributed by atoms with van der Waals surface area (Å²) in [5.41, 5.74) is 0.946. The number of fused-ring (bicyclic) bond motifs is 1. The van der Waals surface area contributed by atoms with Gasteiger partial charge in [0.1, 0.15) is 11.3 Å². The van der Waals surface area contributed by atoms with Gasteiger partial charge in [-0.3, -0.25) is 9.59 Å². The summed E-state index contributed by atoms with van der Waals surface area (Å²) in [6, 6.07) is 22.0. The molecule has 6 rings (SSSR count). The first-order valence-corrected chi connectivity index (χ1v) is 16.1. The van der Waals surface area contributed by atoms with Crippen LogP contribution in [-0.4, -0.2) is 45.5 Å². The Bertz CT molecular complexity index is 2390. The fraction of sp³-hybridized carbons (Fsp3) is 0.0857. The topological polar surface area (TPSA) is 150 Å². The number of carbonyl (C=O) groups excluding carboxylic acids is 1. The van der Waals surface area contributed by atoms with Crippen molar-refractivity contribution in [3.8, 4) is 16.9 Å². The zero-order chi connectivity index (χ0) is 34.7. The number of carbonyl (C=O) groups is 2. The first-order chi connectivity index (χ1) is 23.5. The number of rotatable bonds is 11. The number of hydrogen-bond donors (Lipinski definition) is 2. The Balaban J connectivity index is 1.32. The Morgan fingerprint density at radius 1 is 0.898 bits per heavy atom. The standard InChI is InChI=1S/C35H26F2N4O7S/c36-30-11-10-22(16-31(30)37)19-40-13-5-9-28(35(40)45)34(44)39-18-23-14-24(17-25(15-23)48-21-32(42)43)29-20-41(33-27(29)8-4-12-38-33)49(46,47)26-6-2-1-3-7-26/h1-17,20H,18-19,21H2,(H,39,44)(H,42,43). The Morgan fingerprint density at radius 3 is 2.45 bits per heavy atom. The van der Waals surface area contributed by atoms with Crippen molar-refractivity contribution in [2.75, 3.05) is 6.61 Å². The maximum Gasteiger partial charge on any atom is 0.341 e. The lowest BCUT2D eigenvalue weighted by molar-refractivity contribution is -0.139. The van der Waals surface area contributed by atoms with Crippen LogP contribution in [0.4, 0.5) is 8.78 Å². The zero-order valence-electron chi connectivity index (χ0n) is 25.4. The van der Waals surface area contributed by atoms with Gasteiger partial charge in [0.2, 0.25) is 0 Å². The lowest BCUT2D eigenvalue weighted by atomic mass is 10.0. The third-order valence-corrected chi connectivity index (χ3v) is 9.19. The van der Waals surface area contributed by atoms with Crippen molar-refractivity contribution < 1.29 is 36.6 Å². The molecule has 0 radical (unpaired) electrons. The number of nitrogens with one attached hydrogen (secondary N) is 1. The van der Waals surface area contributed by atoms with Crippen LogP contribution in [0.5, 0.6) is 5.75 Å². The van der Waals surface area contributed by atoms with Gasteiger partial charge in [0, 0.05) is 36.1 Å². The van der Waals surface area contributed by atoms with Gasteiger partial charge in [-0.15, -0.1) is 0 Å². The average Bonchev–Trinajstić information content (AvgIpc) is 3.50. The van der Waals surface area contributed by atoms with Crippen LogP contribution in [0.2, 0.25) is 0 Å². The van der Waals surface area contributed by atoms with Gasteiger partial charge >= 0.3 is 5.97 Å². The fourth-order valence-corrected chi connectivity index (χ4v) is 6.59. The minimum atomic E-state index is -4.06. The van der Waals surface area contributed by atoms with Crippen LogP contribution in [0, 0.1) is 11.6 Å². The second-order valence-electron chi connectivity index (χ2n) is 10.9. The number of ether oxygens (including phenoxy) is 1. The Morgan fingerprint density at radius 2 is 1.69 bits per heavy atom. The van der Waals surface area contributed by atoms with Crippen molar-refractivity contribution in [1.82, 2.24) is 18.8 Å². The van der Waals surface area contributed by atoms with Crippen molar-refractivity contribution in [1.29, 1.82) is 0 Å². The van der Waals surface area contributed by atoms with E-state index in [1.807, 2.05) is 0 Å². The van der Waals surface area contributed by atoms with Gasteiger partial charge in [-0.05, 0) is 83.4 Å². The second kappa shape index (κ2) is 13.5. The number of carboxylic acid groups (broad SMARTS) is 1. The van der Waals surface area contributed by atoms with E-state index in [4.69, 9.17) is 4.74 Å². The molecule has 3 aromatic heterocycles. The molecular weight excluding hydrogens is 658 g/mol. The average molecular weight is 685 g/mol. The minimum Gasteiger partial charge on any atom is -0.482 e. The molecule has 0 saturated heterocycles. The molecule has 0 bridgehead atoms. The fourth-order valence-electron chi connectivity index (χ4n) is 5.24. The van der Waals surface area contributed by atoms with Crippen LogP contribution >= 0.6 is 0 Å². The lowest BCUT2D eigenvalue weighted by Gasteiger charge is -2.12. The zero-order valence-corrected chi connectivity index (χ0v) is 26.2. The number of aromatic nitrogens is 3. The van der Waals surface area contributed by atoms with E-state index in [1.165, 1.54) is 59.6 Å². The Hall–Kier alpha value is -6.15. The van der Waals surface area contributed by atoms with E-state index in [-0.39, 0.29) is 34.9 Å². The van der Waals surface area contributed by atoms with Crippen molar-refractivity contribution in [3.05, 3.63) is 148 Å². The normalized spacial score (nSPS) is 11.4. The van der Waals surface area contributed by atoms with Gasteiger partial charge in [0.05, 0.1) is 11.4 Å². The Kier molecular flexibility index (Phi) is 9.05. The molecule has 0 atom stereocenters. The Labute approximate surface area is 277 Å². The highest BCUT2D eigenvalue weighted by Crippen LogP contribution is 2.34. The van der Waals surface area contributed by atoms with Crippen LogP contribution in [0.25, 0.3) is 22.2 Å². The second-order valence-corrected chi connectivity index (χ2v) is 12.7. The molecule has 248 valence electrons. The third-order valence-electron chi connectivity index (χ3n) is 7.53. The summed E-state index contributed by atoms with van der Waals surface area (Å²) < 4.78 is 62.0. The van der Waals surface area contributed by atoms with Crippen molar-refractivity contribution in [2.24, 2.45) is 0 Å². The molecule has 1 amide bonds. The summed E-state index contributed by atoms with van der Waals surface area (Å²) in [6.07, 6.45) is 4.29. The van der Waals surface area contributed by atoms with Gasteiger partial charge in [-0.1, -0.05) is 24.3 Å². The van der Waals surface area contributed by atoms with Crippen LogP contribution < -0.4 is 15.6 Å². The molecule has 0 spiro atoms. The van der Waals surface area contributed by atoms with E-state index in [0.29, 0.717) is 27.6 Å². The highest BCUT2D eigenvalue weighted by atomic mass is 32.2. The molecule has 14 heteroatoms. The lowest BCUT2D eigenvalue weighted by Crippen LogP contribution is -2.32. The smallest absolute Gasteiger partial charge is 0.341 e. The summed E-state index contributed by atoms with van der Waals surface area (Å²) in [5, 5.41) is 12.4. The number of hydrogen-bond acceptors (Lipinski definition) is 7. The molecule has 49 heavy (non-hydrogen) atoms. The van der Waals surface area contributed by atoms with E-state index in [0.717, 1.165) is 16.1 Å². The molecule has 2 N–H and O–H groups in total. The largest absolute Gasteiger partial charge is 0.482 e. The van der Waals surface area contributed by atoms with Crippen LogP contribution in [0.1, 0.15) is 21.5 Å². The molecule has 3 aromatic carbocycles. The van der Waals surface area contributed by atoms with E-state index < -0.39 is 45.7 Å². The summed E-state index contributed by atoms with van der Waals surface area (Å²) >= 11 is 0. The highest BCUT2D eigenvalue weighted by Gasteiger charge is 2.23. The third kappa shape index (κ3) is 6.94. The monoisotopic (exact) mass is 684 g/mol. The maximum atomic E-state index is 13.7. The van der Waals surface area contributed by atoms with Crippen molar-refractivity contribution >= 4 is 32.9 Å². The summed E-state index contributed by atoms with van der Waals surface area (Å²) in [4.78, 5) is 42.0. The number of benzene rings is 3. The minimum absolute atomic E-state index is 0.0517. The number of amides is 1. The van der Waals surface area contributed by atoms with Gasteiger partial charge in [0.15, 0.2) is 23.9 Å². The van der Waals surface area contributed by atoms with E-state index in [9.17, 15) is 36.7 Å². The molecule has 3 heterocycles. The first kappa shape index (κ1) is 32.8. The molecule has 11 nitrogen and oxygen atoms in total. The molecule has 0 aliphatic heterocycles.